The minimum atomic E-state index is -3.38. The molecule has 0 aliphatic carbocycles. The van der Waals surface area contributed by atoms with E-state index >= 15 is 0 Å². The van der Waals surface area contributed by atoms with E-state index in [-0.39, 0.29) is 22.1 Å². The summed E-state index contributed by atoms with van der Waals surface area (Å²) >= 11 is 0. The number of hydrogen-bond acceptors (Lipinski definition) is 8. The van der Waals surface area contributed by atoms with Gasteiger partial charge in [-0.3, -0.25) is 4.79 Å². The van der Waals surface area contributed by atoms with Gasteiger partial charge in [0, 0.05) is 17.4 Å². The fraction of sp³-hybridized carbons (Fsp3) is 0.115. The van der Waals surface area contributed by atoms with Crippen LogP contribution in [0.15, 0.2) is 77.7 Å². The van der Waals surface area contributed by atoms with E-state index in [1.165, 1.54) is 42.1 Å². The number of carbonyl (C=O) groups excluding carboxylic acids is 2. The average molecular weight is 507 g/mol. The van der Waals surface area contributed by atoms with Gasteiger partial charge in [0.15, 0.2) is 27.0 Å². The van der Waals surface area contributed by atoms with Crippen LogP contribution in [0, 0.1) is 0 Å². The second-order valence-corrected chi connectivity index (χ2v) is 9.75. The summed E-state index contributed by atoms with van der Waals surface area (Å²) in [6.45, 7) is 0. The summed E-state index contributed by atoms with van der Waals surface area (Å²) in [7, 11) is -0.415. The van der Waals surface area contributed by atoms with E-state index in [2.05, 4.69) is 5.10 Å². The topological polar surface area (TPSA) is 114 Å². The van der Waals surface area contributed by atoms with Gasteiger partial charge in [0.1, 0.15) is 12.0 Å². The van der Waals surface area contributed by atoms with E-state index in [1.54, 1.807) is 37.4 Å². The van der Waals surface area contributed by atoms with Crippen LogP contribution in [0.1, 0.15) is 20.8 Å². The molecule has 1 aromatic heterocycles. The number of nitrogens with zero attached hydrogens (tertiary/aromatic N) is 2. The third-order valence-corrected chi connectivity index (χ3v) is 6.47. The summed E-state index contributed by atoms with van der Waals surface area (Å²) in [6.07, 6.45) is 1.79. The van der Waals surface area contributed by atoms with Gasteiger partial charge in [-0.25, -0.2) is 17.9 Å². The largest absolute Gasteiger partial charge is 0.497 e. The van der Waals surface area contributed by atoms with Crippen molar-refractivity contribution < 1.29 is 32.2 Å². The Kier molecular flexibility index (Phi) is 6.89. The van der Waals surface area contributed by atoms with Crippen molar-refractivity contribution in [3.05, 3.63) is 84.1 Å². The van der Waals surface area contributed by atoms with Crippen LogP contribution in [0.4, 0.5) is 0 Å². The van der Waals surface area contributed by atoms with Crippen LogP contribution >= 0.6 is 0 Å². The molecule has 0 aliphatic rings. The maximum atomic E-state index is 13.0. The van der Waals surface area contributed by atoms with Crippen molar-refractivity contribution in [2.75, 3.05) is 20.5 Å². The molecule has 1 heterocycles. The molecule has 0 bridgehead atoms. The molecular formula is C26H22N2O7S. The highest BCUT2D eigenvalue weighted by Gasteiger charge is 2.21. The Hall–Kier alpha value is -4.44. The van der Waals surface area contributed by atoms with Crippen molar-refractivity contribution in [1.82, 2.24) is 9.78 Å². The Balaban J connectivity index is 1.76. The predicted molar refractivity (Wildman–Crippen MR) is 132 cm³/mol. The number of aromatic nitrogens is 2. The summed E-state index contributed by atoms with van der Waals surface area (Å²) in [5.74, 6) is 0.270. The molecule has 9 nitrogen and oxygen atoms in total. The van der Waals surface area contributed by atoms with Gasteiger partial charge >= 0.3 is 5.97 Å². The van der Waals surface area contributed by atoms with Crippen LogP contribution in [-0.4, -0.2) is 50.9 Å². The highest BCUT2D eigenvalue weighted by molar-refractivity contribution is 7.90. The van der Waals surface area contributed by atoms with Crippen molar-refractivity contribution in [2.45, 2.75) is 4.90 Å². The number of hydrogen-bond donors (Lipinski definition) is 0. The first-order chi connectivity index (χ1) is 17.2. The molecule has 0 spiro atoms. The molecule has 0 unspecified atom stereocenters. The quantitative estimate of drug-likeness (QED) is 0.200. The number of benzene rings is 3. The molecule has 0 radical (unpaired) electrons. The maximum Gasteiger partial charge on any atom is 0.364 e. The van der Waals surface area contributed by atoms with Gasteiger partial charge in [-0.15, -0.1) is 0 Å². The van der Waals surface area contributed by atoms with Crippen molar-refractivity contribution in [3.8, 4) is 34.2 Å². The van der Waals surface area contributed by atoms with E-state index in [4.69, 9.17) is 14.2 Å². The first kappa shape index (κ1) is 24.7. The number of aldehydes is 1. The molecule has 4 rings (SSSR count). The van der Waals surface area contributed by atoms with Crippen molar-refractivity contribution >= 4 is 22.1 Å². The maximum absolute atomic E-state index is 13.0. The van der Waals surface area contributed by atoms with Crippen LogP contribution in [0.3, 0.4) is 0 Å². The van der Waals surface area contributed by atoms with Gasteiger partial charge in [0.05, 0.1) is 30.5 Å². The highest BCUT2D eigenvalue weighted by Crippen LogP contribution is 2.30. The van der Waals surface area contributed by atoms with Gasteiger partial charge in [-0.1, -0.05) is 0 Å². The van der Waals surface area contributed by atoms with Crippen molar-refractivity contribution in [1.29, 1.82) is 0 Å². The van der Waals surface area contributed by atoms with Crippen LogP contribution in [0.2, 0.25) is 0 Å². The van der Waals surface area contributed by atoms with E-state index in [0.29, 0.717) is 29.0 Å². The molecule has 0 saturated carbocycles. The van der Waals surface area contributed by atoms with Crippen LogP contribution < -0.4 is 14.2 Å². The summed E-state index contributed by atoms with van der Waals surface area (Å²) in [5.41, 5.74) is 2.23. The average Bonchev–Trinajstić information content (AvgIpc) is 3.34. The Morgan fingerprint density at radius 1 is 0.889 bits per heavy atom. The third kappa shape index (κ3) is 5.13. The molecule has 3 aromatic carbocycles. The van der Waals surface area contributed by atoms with Gasteiger partial charge in [-0.05, 0) is 72.8 Å². The zero-order valence-corrected chi connectivity index (χ0v) is 20.5. The Morgan fingerprint density at radius 3 is 2.17 bits per heavy atom. The SMILES string of the molecule is COc1ccc(-c2cc(C(=O)Oc3ccc(C=O)cc3OC)nn2-c2ccc(S(C)(=O)=O)cc2)cc1. The molecule has 0 N–H and O–H groups in total. The zero-order valence-electron chi connectivity index (χ0n) is 19.7. The van der Waals surface area contributed by atoms with E-state index in [0.717, 1.165) is 11.8 Å². The van der Waals surface area contributed by atoms with Crippen LogP contribution in [-0.2, 0) is 9.84 Å². The molecular weight excluding hydrogens is 484 g/mol. The van der Waals surface area contributed by atoms with Gasteiger partial charge in [0.2, 0.25) is 0 Å². The first-order valence-corrected chi connectivity index (χ1v) is 12.5. The molecule has 10 heteroatoms. The Morgan fingerprint density at radius 2 is 1.58 bits per heavy atom. The predicted octanol–water partition coefficient (Wildman–Crippen LogP) is 3.99. The zero-order chi connectivity index (χ0) is 25.9. The fourth-order valence-electron chi connectivity index (χ4n) is 3.47. The van der Waals surface area contributed by atoms with Crippen molar-refractivity contribution in [2.24, 2.45) is 0 Å². The van der Waals surface area contributed by atoms with E-state index < -0.39 is 15.8 Å². The Labute approximate surface area is 207 Å². The van der Waals surface area contributed by atoms with E-state index in [9.17, 15) is 18.0 Å². The molecule has 184 valence electrons. The molecule has 0 aliphatic heterocycles. The standard InChI is InChI=1S/C26H22N2O7S/c1-33-20-9-5-18(6-10-20)23-15-22(26(30)35-24-13-4-17(16-29)14-25(24)34-2)27-28(23)19-7-11-21(12-8-19)36(3,31)32/h4-16H,1-3H3. The molecule has 0 fully saturated rings. The second kappa shape index (κ2) is 10.0. The number of carbonyl (C=O) groups is 2. The van der Waals surface area contributed by atoms with Gasteiger partial charge in [0.25, 0.3) is 0 Å². The summed E-state index contributed by atoms with van der Waals surface area (Å²) in [5, 5.41) is 4.44. The van der Waals surface area contributed by atoms with E-state index in [1.807, 2.05) is 12.1 Å². The lowest BCUT2D eigenvalue weighted by molar-refractivity contribution is 0.0723. The lowest BCUT2D eigenvalue weighted by Gasteiger charge is -2.09. The van der Waals surface area contributed by atoms with Crippen molar-refractivity contribution in [3.63, 3.8) is 0 Å². The summed E-state index contributed by atoms with van der Waals surface area (Å²) in [4.78, 5) is 24.2. The number of ether oxygens (including phenoxy) is 3. The smallest absolute Gasteiger partial charge is 0.364 e. The number of methoxy groups -OCH3 is 2. The summed E-state index contributed by atoms with van der Waals surface area (Å²) < 4.78 is 41.2. The second-order valence-electron chi connectivity index (χ2n) is 7.74. The minimum Gasteiger partial charge on any atom is -0.497 e. The first-order valence-electron chi connectivity index (χ1n) is 10.6. The van der Waals surface area contributed by atoms with Crippen LogP contribution in [0.5, 0.6) is 17.2 Å². The Bertz CT molecular complexity index is 1520. The highest BCUT2D eigenvalue weighted by atomic mass is 32.2. The molecule has 4 aromatic rings. The lowest BCUT2D eigenvalue weighted by Crippen LogP contribution is -2.11. The molecule has 0 saturated heterocycles. The van der Waals surface area contributed by atoms with Gasteiger partial charge in [-0.2, -0.15) is 5.10 Å². The number of rotatable bonds is 8. The normalized spacial score (nSPS) is 11.1. The number of esters is 1. The number of sulfone groups is 1. The monoisotopic (exact) mass is 506 g/mol. The molecule has 0 amide bonds. The minimum absolute atomic E-state index is 0.00882. The molecule has 36 heavy (non-hydrogen) atoms. The fourth-order valence-corrected chi connectivity index (χ4v) is 4.10. The summed E-state index contributed by atoms with van der Waals surface area (Å²) in [6, 6.07) is 19.3. The third-order valence-electron chi connectivity index (χ3n) is 5.34. The van der Waals surface area contributed by atoms with Crippen LogP contribution in [0.25, 0.3) is 16.9 Å². The molecule has 0 atom stereocenters. The lowest BCUT2D eigenvalue weighted by atomic mass is 10.1. The van der Waals surface area contributed by atoms with Gasteiger partial charge < -0.3 is 14.2 Å².